The zero-order chi connectivity index (χ0) is 16.2. The molecule has 1 fully saturated rings. The SMILES string of the molecule is Cc1noc(-c2ccc(C(=O)NC3CCCCC3CO)cc2)n1. The third-order valence-corrected chi connectivity index (χ3v) is 4.38. The highest BCUT2D eigenvalue weighted by molar-refractivity contribution is 5.94. The number of hydrogen-bond acceptors (Lipinski definition) is 5. The fourth-order valence-electron chi connectivity index (χ4n) is 3.05. The molecule has 2 unspecified atom stereocenters. The third-order valence-electron chi connectivity index (χ3n) is 4.38. The third kappa shape index (κ3) is 3.59. The van der Waals surface area contributed by atoms with E-state index in [-0.39, 0.29) is 24.5 Å². The Bertz CT molecular complexity index is 666. The molecule has 1 saturated carbocycles. The van der Waals surface area contributed by atoms with Crippen LogP contribution in [0.5, 0.6) is 0 Å². The average Bonchev–Trinajstić information content (AvgIpc) is 3.02. The van der Waals surface area contributed by atoms with Gasteiger partial charge in [0, 0.05) is 29.7 Å². The Kier molecular flexibility index (Phi) is 4.71. The lowest BCUT2D eigenvalue weighted by atomic mass is 9.85. The number of aliphatic hydroxyl groups excluding tert-OH is 1. The second-order valence-corrected chi connectivity index (χ2v) is 6.03. The minimum atomic E-state index is -0.108. The van der Waals surface area contributed by atoms with Gasteiger partial charge in [-0.15, -0.1) is 0 Å². The normalized spacial score (nSPS) is 21.1. The molecule has 1 amide bonds. The second kappa shape index (κ2) is 6.91. The van der Waals surface area contributed by atoms with Gasteiger partial charge in [0.2, 0.25) is 0 Å². The molecule has 122 valence electrons. The summed E-state index contributed by atoms with van der Waals surface area (Å²) in [5, 5.41) is 16.2. The number of nitrogens with zero attached hydrogens (tertiary/aromatic N) is 2. The first kappa shape index (κ1) is 15.7. The molecular weight excluding hydrogens is 294 g/mol. The van der Waals surface area contributed by atoms with Crippen LogP contribution >= 0.6 is 0 Å². The maximum atomic E-state index is 12.4. The molecule has 6 nitrogen and oxygen atoms in total. The van der Waals surface area contributed by atoms with Crippen LogP contribution in [0.4, 0.5) is 0 Å². The second-order valence-electron chi connectivity index (χ2n) is 6.03. The molecule has 2 atom stereocenters. The van der Waals surface area contributed by atoms with Crippen LogP contribution in [0.2, 0.25) is 0 Å². The van der Waals surface area contributed by atoms with Crippen LogP contribution in [0.25, 0.3) is 11.5 Å². The molecule has 3 rings (SSSR count). The molecule has 1 aromatic heterocycles. The van der Waals surface area contributed by atoms with E-state index in [0.717, 1.165) is 31.2 Å². The number of amides is 1. The fourth-order valence-corrected chi connectivity index (χ4v) is 3.05. The van der Waals surface area contributed by atoms with Crippen molar-refractivity contribution in [3.63, 3.8) is 0 Å². The smallest absolute Gasteiger partial charge is 0.257 e. The number of aromatic nitrogens is 2. The Balaban J connectivity index is 1.68. The summed E-state index contributed by atoms with van der Waals surface area (Å²) in [6.07, 6.45) is 4.11. The van der Waals surface area contributed by atoms with E-state index in [9.17, 15) is 9.90 Å². The topological polar surface area (TPSA) is 88.2 Å². The summed E-state index contributed by atoms with van der Waals surface area (Å²) in [6.45, 7) is 1.89. The molecule has 23 heavy (non-hydrogen) atoms. The van der Waals surface area contributed by atoms with Gasteiger partial charge in [-0.2, -0.15) is 4.98 Å². The molecule has 6 heteroatoms. The van der Waals surface area contributed by atoms with Crippen molar-refractivity contribution in [1.82, 2.24) is 15.5 Å². The van der Waals surface area contributed by atoms with Crippen molar-refractivity contribution in [3.05, 3.63) is 35.7 Å². The van der Waals surface area contributed by atoms with E-state index in [0.29, 0.717) is 17.3 Å². The Morgan fingerprint density at radius 2 is 2.04 bits per heavy atom. The van der Waals surface area contributed by atoms with Gasteiger partial charge < -0.3 is 14.9 Å². The van der Waals surface area contributed by atoms with E-state index in [4.69, 9.17) is 4.52 Å². The maximum absolute atomic E-state index is 12.4. The molecule has 1 aliphatic rings. The lowest BCUT2D eigenvalue weighted by Crippen LogP contribution is -2.43. The molecule has 1 heterocycles. The van der Waals surface area contributed by atoms with Gasteiger partial charge in [0.1, 0.15) is 0 Å². The van der Waals surface area contributed by atoms with Gasteiger partial charge >= 0.3 is 0 Å². The van der Waals surface area contributed by atoms with Crippen molar-refractivity contribution < 1.29 is 14.4 Å². The Hall–Kier alpha value is -2.21. The lowest BCUT2D eigenvalue weighted by molar-refractivity contribution is 0.0872. The largest absolute Gasteiger partial charge is 0.396 e. The maximum Gasteiger partial charge on any atom is 0.257 e. The van der Waals surface area contributed by atoms with Gasteiger partial charge in [-0.05, 0) is 44.0 Å². The van der Waals surface area contributed by atoms with Gasteiger partial charge in [-0.25, -0.2) is 0 Å². The average molecular weight is 315 g/mol. The van der Waals surface area contributed by atoms with Crippen LogP contribution in [0, 0.1) is 12.8 Å². The van der Waals surface area contributed by atoms with Crippen molar-refractivity contribution in [2.75, 3.05) is 6.61 Å². The van der Waals surface area contributed by atoms with Crippen LogP contribution in [-0.4, -0.2) is 33.8 Å². The molecule has 1 aliphatic carbocycles. The van der Waals surface area contributed by atoms with Crippen molar-refractivity contribution in [2.24, 2.45) is 5.92 Å². The van der Waals surface area contributed by atoms with Gasteiger partial charge in [0.25, 0.3) is 11.8 Å². The molecule has 0 aliphatic heterocycles. The molecule has 0 spiro atoms. The number of benzene rings is 1. The number of carbonyl (C=O) groups is 1. The Morgan fingerprint density at radius 1 is 1.30 bits per heavy atom. The number of aryl methyl sites for hydroxylation is 1. The predicted molar refractivity (Wildman–Crippen MR) is 84.8 cm³/mol. The van der Waals surface area contributed by atoms with Gasteiger partial charge in [0.15, 0.2) is 5.82 Å². The quantitative estimate of drug-likeness (QED) is 0.904. The minimum absolute atomic E-state index is 0.0551. The predicted octanol–water partition coefficient (Wildman–Crippen LogP) is 2.33. The molecule has 2 aromatic rings. The van der Waals surface area contributed by atoms with Crippen molar-refractivity contribution in [1.29, 1.82) is 0 Å². The van der Waals surface area contributed by atoms with Crippen LogP contribution in [0.1, 0.15) is 41.9 Å². The minimum Gasteiger partial charge on any atom is -0.396 e. The number of carbonyl (C=O) groups excluding carboxylic acids is 1. The summed E-state index contributed by atoms with van der Waals surface area (Å²) in [5.41, 5.74) is 1.38. The number of hydrogen-bond donors (Lipinski definition) is 2. The summed E-state index contributed by atoms with van der Waals surface area (Å²) >= 11 is 0. The molecule has 0 bridgehead atoms. The fraction of sp³-hybridized carbons (Fsp3) is 0.471. The first-order chi connectivity index (χ1) is 11.2. The zero-order valence-corrected chi connectivity index (χ0v) is 13.2. The standard InChI is InChI=1S/C17H21N3O3/c1-11-18-17(23-20-11)13-8-6-12(7-9-13)16(22)19-15-5-3-2-4-14(15)10-21/h6-9,14-15,21H,2-5,10H2,1H3,(H,19,22). The molecule has 1 aromatic carbocycles. The van der Waals surface area contributed by atoms with Crippen LogP contribution < -0.4 is 5.32 Å². The van der Waals surface area contributed by atoms with Crippen molar-refractivity contribution in [3.8, 4) is 11.5 Å². The summed E-state index contributed by atoms with van der Waals surface area (Å²) in [4.78, 5) is 16.5. The van der Waals surface area contributed by atoms with E-state index in [2.05, 4.69) is 15.5 Å². The highest BCUT2D eigenvalue weighted by Gasteiger charge is 2.26. The van der Waals surface area contributed by atoms with Crippen LogP contribution in [-0.2, 0) is 0 Å². The highest BCUT2D eigenvalue weighted by Crippen LogP contribution is 2.24. The Labute approximate surface area is 134 Å². The summed E-state index contributed by atoms with van der Waals surface area (Å²) in [6, 6.07) is 7.15. The van der Waals surface area contributed by atoms with Gasteiger partial charge in [0.05, 0.1) is 0 Å². The lowest BCUT2D eigenvalue weighted by Gasteiger charge is -2.30. The van der Waals surface area contributed by atoms with Gasteiger partial charge in [-0.1, -0.05) is 18.0 Å². The van der Waals surface area contributed by atoms with E-state index >= 15 is 0 Å². The number of rotatable bonds is 4. The van der Waals surface area contributed by atoms with Gasteiger partial charge in [-0.3, -0.25) is 4.79 Å². The first-order valence-corrected chi connectivity index (χ1v) is 8.00. The summed E-state index contributed by atoms with van der Waals surface area (Å²) in [5.74, 6) is 1.08. The van der Waals surface area contributed by atoms with E-state index < -0.39 is 0 Å². The monoisotopic (exact) mass is 315 g/mol. The summed E-state index contributed by atoms with van der Waals surface area (Å²) < 4.78 is 5.11. The van der Waals surface area contributed by atoms with E-state index in [1.807, 2.05) is 0 Å². The number of nitrogens with one attached hydrogen (secondary N) is 1. The first-order valence-electron chi connectivity index (χ1n) is 8.00. The molecule has 0 saturated heterocycles. The van der Waals surface area contributed by atoms with E-state index in [1.165, 1.54) is 0 Å². The molecule has 0 radical (unpaired) electrons. The van der Waals surface area contributed by atoms with Crippen LogP contribution in [0.3, 0.4) is 0 Å². The molecule has 2 N–H and O–H groups in total. The summed E-state index contributed by atoms with van der Waals surface area (Å²) in [7, 11) is 0. The van der Waals surface area contributed by atoms with Crippen LogP contribution in [0.15, 0.2) is 28.8 Å². The number of aliphatic hydroxyl groups is 1. The van der Waals surface area contributed by atoms with Crippen molar-refractivity contribution >= 4 is 5.91 Å². The van der Waals surface area contributed by atoms with Crippen molar-refractivity contribution in [2.45, 2.75) is 38.6 Å². The Morgan fingerprint density at radius 3 is 2.70 bits per heavy atom. The zero-order valence-electron chi connectivity index (χ0n) is 13.2. The van der Waals surface area contributed by atoms with E-state index in [1.54, 1.807) is 31.2 Å². The highest BCUT2D eigenvalue weighted by atomic mass is 16.5. The molecular formula is C17H21N3O3.